The van der Waals surface area contributed by atoms with E-state index in [1.54, 1.807) is 7.05 Å². The van der Waals surface area contributed by atoms with Crippen LogP contribution in [0.4, 0.5) is 5.95 Å². The number of hydrogen-bond acceptors (Lipinski definition) is 4. The first-order chi connectivity index (χ1) is 7.18. The predicted octanol–water partition coefficient (Wildman–Crippen LogP) is 0.445. The van der Waals surface area contributed by atoms with Crippen LogP contribution in [0.2, 0.25) is 0 Å². The van der Waals surface area contributed by atoms with Gasteiger partial charge in [-0.1, -0.05) is 30.3 Å². The highest BCUT2D eigenvalue weighted by Gasteiger charge is 2.14. The topological polar surface area (TPSA) is 82.8 Å². The standard InChI is InChI=1S/C10H13N5/c1-15-10(12)13-9(14-15)8(11)7-5-3-2-4-6-7/h2-6,8H,11H2,1H3,(H2,12,13,14)/t8-/m1/s1. The van der Waals surface area contributed by atoms with Crippen molar-refractivity contribution >= 4 is 5.95 Å². The summed E-state index contributed by atoms with van der Waals surface area (Å²) in [6.45, 7) is 0. The Morgan fingerprint density at radius 1 is 1.27 bits per heavy atom. The molecule has 0 aliphatic heterocycles. The van der Waals surface area contributed by atoms with Gasteiger partial charge < -0.3 is 11.5 Å². The van der Waals surface area contributed by atoms with E-state index >= 15 is 0 Å². The number of benzene rings is 1. The van der Waals surface area contributed by atoms with Crippen molar-refractivity contribution < 1.29 is 0 Å². The molecule has 0 bridgehead atoms. The van der Waals surface area contributed by atoms with Crippen LogP contribution < -0.4 is 11.5 Å². The third-order valence-electron chi connectivity index (χ3n) is 2.25. The van der Waals surface area contributed by atoms with Crippen molar-refractivity contribution in [2.75, 3.05) is 5.73 Å². The summed E-state index contributed by atoms with van der Waals surface area (Å²) >= 11 is 0. The average Bonchev–Trinajstić information content (AvgIpc) is 2.59. The minimum atomic E-state index is -0.324. The van der Waals surface area contributed by atoms with Crippen LogP contribution in [0.15, 0.2) is 30.3 Å². The van der Waals surface area contributed by atoms with Crippen LogP contribution in [-0.4, -0.2) is 14.8 Å². The second-order valence-electron chi connectivity index (χ2n) is 3.34. The Morgan fingerprint density at radius 3 is 2.47 bits per heavy atom. The highest BCUT2D eigenvalue weighted by molar-refractivity contribution is 5.26. The van der Waals surface area contributed by atoms with E-state index < -0.39 is 0 Å². The fourth-order valence-electron chi connectivity index (χ4n) is 1.36. The predicted molar refractivity (Wildman–Crippen MR) is 57.9 cm³/mol. The van der Waals surface area contributed by atoms with E-state index in [0.717, 1.165) is 5.56 Å². The Kier molecular flexibility index (Phi) is 2.39. The van der Waals surface area contributed by atoms with E-state index in [0.29, 0.717) is 11.8 Å². The molecule has 4 N–H and O–H groups in total. The second kappa shape index (κ2) is 3.70. The van der Waals surface area contributed by atoms with Crippen molar-refractivity contribution in [1.82, 2.24) is 14.8 Å². The maximum absolute atomic E-state index is 6.00. The normalized spacial score (nSPS) is 12.7. The van der Waals surface area contributed by atoms with Gasteiger partial charge in [-0.2, -0.15) is 10.1 Å². The van der Waals surface area contributed by atoms with E-state index in [1.165, 1.54) is 4.68 Å². The van der Waals surface area contributed by atoms with E-state index in [-0.39, 0.29) is 6.04 Å². The molecule has 0 saturated carbocycles. The van der Waals surface area contributed by atoms with E-state index in [2.05, 4.69) is 10.1 Å². The zero-order chi connectivity index (χ0) is 10.8. The maximum Gasteiger partial charge on any atom is 0.218 e. The smallest absolute Gasteiger partial charge is 0.218 e. The van der Waals surface area contributed by atoms with Gasteiger partial charge in [-0.05, 0) is 5.56 Å². The molecule has 0 aliphatic rings. The largest absolute Gasteiger partial charge is 0.368 e. The lowest BCUT2D eigenvalue weighted by atomic mass is 10.1. The van der Waals surface area contributed by atoms with Crippen molar-refractivity contribution in [3.8, 4) is 0 Å². The van der Waals surface area contributed by atoms with Crippen molar-refractivity contribution in [3.63, 3.8) is 0 Å². The molecule has 0 radical (unpaired) electrons. The number of anilines is 1. The Hall–Kier alpha value is -1.88. The van der Waals surface area contributed by atoms with Gasteiger partial charge in [0, 0.05) is 7.05 Å². The fraction of sp³-hybridized carbons (Fsp3) is 0.200. The lowest BCUT2D eigenvalue weighted by molar-refractivity contribution is 0.717. The summed E-state index contributed by atoms with van der Waals surface area (Å²) in [5.74, 6) is 0.914. The summed E-state index contributed by atoms with van der Waals surface area (Å²) < 4.78 is 1.51. The van der Waals surface area contributed by atoms with E-state index in [1.807, 2.05) is 30.3 Å². The molecule has 1 aromatic heterocycles. The molecule has 5 nitrogen and oxygen atoms in total. The fourth-order valence-corrected chi connectivity index (χ4v) is 1.36. The molecule has 0 amide bonds. The Balaban J connectivity index is 2.32. The number of aryl methyl sites for hydroxylation is 1. The maximum atomic E-state index is 6.00. The van der Waals surface area contributed by atoms with Crippen LogP contribution >= 0.6 is 0 Å². The minimum Gasteiger partial charge on any atom is -0.368 e. The summed E-state index contributed by atoms with van der Waals surface area (Å²) in [6.07, 6.45) is 0. The van der Waals surface area contributed by atoms with Gasteiger partial charge in [-0.3, -0.25) is 0 Å². The Labute approximate surface area is 87.7 Å². The number of nitrogen functional groups attached to an aromatic ring is 1. The van der Waals surface area contributed by atoms with Crippen LogP contribution in [0.5, 0.6) is 0 Å². The van der Waals surface area contributed by atoms with E-state index in [9.17, 15) is 0 Å². The van der Waals surface area contributed by atoms with Crippen LogP contribution in [0.1, 0.15) is 17.4 Å². The summed E-state index contributed by atoms with van der Waals surface area (Å²) in [5, 5.41) is 4.14. The lowest BCUT2D eigenvalue weighted by Crippen LogP contribution is -2.13. The first kappa shape index (κ1) is 9.67. The molecule has 0 saturated heterocycles. The lowest BCUT2D eigenvalue weighted by Gasteiger charge is -2.06. The quantitative estimate of drug-likeness (QED) is 0.742. The summed E-state index contributed by atoms with van der Waals surface area (Å²) in [6, 6.07) is 9.36. The van der Waals surface area contributed by atoms with Gasteiger partial charge in [0.2, 0.25) is 5.95 Å². The monoisotopic (exact) mass is 203 g/mol. The Morgan fingerprint density at radius 2 is 1.93 bits per heavy atom. The number of nitrogens with zero attached hydrogens (tertiary/aromatic N) is 3. The van der Waals surface area contributed by atoms with Gasteiger partial charge in [-0.25, -0.2) is 4.68 Å². The van der Waals surface area contributed by atoms with Crippen molar-refractivity contribution in [2.45, 2.75) is 6.04 Å². The first-order valence-corrected chi connectivity index (χ1v) is 4.65. The minimum absolute atomic E-state index is 0.324. The molecule has 78 valence electrons. The zero-order valence-electron chi connectivity index (χ0n) is 8.46. The summed E-state index contributed by atoms with van der Waals surface area (Å²) in [4.78, 5) is 4.09. The molecule has 5 heteroatoms. The molecule has 0 unspecified atom stereocenters. The molecule has 1 heterocycles. The third-order valence-corrected chi connectivity index (χ3v) is 2.25. The molecule has 0 aliphatic carbocycles. The first-order valence-electron chi connectivity index (χ1n) is 4.65. The molecule has 15 heavy (non-hydrogen) atoms. The van der Waals surface area contributed by atoms with Gasteiger partial charge in [0.05, 0.1) is 6.04 Å². The molecule has 2 rings (SSSR count). The number of nitrogens with two attached hydrogens (primary N) is 2. The van der Waals surface area contributed by atoms with Crippen LogP contribution in [0, 0.1) is 0 Å². The van der Waals surface area contributed by atoms with Gasteiger partial charge >= 0.3 is 0 Å². The highest BCUT2D eigenvalue weighted by Crippen LogP contribution is 2.16. The molecule has 1 atom stereocenters. The second-order valence-corrected chi connectivity index (χ2v) is 3.34. The molecular weight excluding hydrogens is 190 g/mol. The number of aromatic nitrogens is 3. The molecule has 0 fully saturated rings. The average molecular weight is 203 g/mol. The molecule has 0 spiro atoms. The summed E-state index contributed by atoms with van der Waals surface area (Å²) in [5.41, 5.74) is 12.6. The van der Waals surface area contributed by atoms with Crippen molar-refractivity contribution in [2.24, 2.45) is 12.8 Å². The zero-order valence-corrected chi connectivity index (χ0v) is 8.46. The molecular formula is C10H13N5. The van der Waals surface area contributed by atoms with Gasteiger partial charge in [0.25, 0.3) is 0 Å². The van der Waals surface area contributed by atoms with E-state index in [4.69, 9.17) is 11.5 Å². The SMILES string of the molecule is Cn1nc([C@H](N)c2ccccc2)nc1N. The third kappa shape index (κ3) is 1.82. The summed E-state index contributed by atoms with van der Waals surface area (Å²) in [7, 11) is 1.74. The van der Waals surface area contributed by atoms with Gasteiger partial charge in [0.15, 0.2) is 5.82 Å². The highest BCUT2D eigenvalue weighted by atomic mass is 15.4. The van der Waals surface area contributed by atoms with Gasteiger partial charge in [-0.15, -0.1) is 0 Å². The number of hydrogen-bond donors (Lipinski definition) is 2. The molecule has 1 aromatic carbocycles. The van der Waals surface area contributed by atoms with Crippen LogP contribution in [0.3, 0.4) is 0 Å². The van der Waals surface area contributed by atoms with Gasteiger partial charge in [0.1, 0.15) is 0 Å². The van der Waals surface area contributed by atoms with Crippen LogP contribution in [-0.2, 0) is 7.05 Å². The van der Waals surface area contributed by atoms with Crippen molar-refractivity contribution in [3.05, 3.63) is 41.7 Å². The Bertz CT molecular complexity index is 429. The number of rotatable bonds is 2. The van der Waals surface area contributed by atoms with Crippen LogP contribution in [0.25, 0.3) is 0 Å². The molecule has 2 aromatic rings. The van der Waals surface area contributed by atoms with Crippen molar-refractivity contribution in [1.29, 1.82) is 0 Å².